The van der Waals surface area contributed by atoms with Gasteiger partial charge >= 0.3 is 5.97 Å². The van der Waals surface area contributed by atoms with Crippen LogP contribution in [0.5, 0.6) is 0 Å². The van der Waals surface area contributed by atoms with Gasteiger partial charge in [0.05, 0.1) is 5.41 Å². The fourth-order valence-corrected chi connectivity index (χ4v) is 3.80. The molecule has 1 amide bonds. The highest BCUT2D eigenvalue weighted by Crippen LogP contribution is 2.40. The molecule has 0 radical (unpaired) electrons. The number of carbonyl (C=O) groups excluding carboxylic acids is 1. The molecule has 2 fully saturated rings. The molecule has 4 nitrogen and oxygen atoms in total. The first kappa shape index (κ1) is 16.3. The molecule has 0 bridgehead atoms. The van der Waals surface area contributed by atoms with Crippen LogP contribution in [0.4, 0.5) is 0 Å². The van der Waals surface area contributed by atoms with Gasteiger partial charge in [-0.2, -0.15) is 0 Å². The van der Waals surface area contributed by atoms with Gasteiger partial charge in [-0.15, -0.1) is 0 Å². The number of nitrogens with one attached hydrogen (secondary N) is 1. The normalized spacial score (nSPS) is 32.4. The number of hydrogen-bond donors (Lipinski definition) is 2. The molecule has 0 unspecified atom stereocenters. The van der Waals surface area contributed by atoms with Crippen molar-refractivity contribution < 1.29 is 14.7 Å². The van der Waals surface area contributed by atoms with Gasteiger partial charge in [0.2, 0.25) is 5.91 Å². The smallest absolute Gasteiger partial charge is 0.311 e. The Balaban J connectivity index is 1.96. The molecular weight excluding hydrogens is 266 g/mol. The van der Waals surface area contributed by atoms with Gasteiger partial charge in [0.1, 0.15) is 0 Å². The zero-order valence-corrected chi connectivity index (χ0v) is 13.4. The molecule has 21 heavy (non-hydrogen) atoms. The zero-order valence-electron chi connectivity index (χ0n) is 13.4. The van der Waals surface area contributed by atoms with E-state index in [9.17, 15) is 14.7 Å². The summed E-state index contributed by atoms with van der Waals surface area (Å²) in [7, 11) is 0. The Kier molecular flexibility index (Phi) is 4.95. The van der Waals surface area contributed by atoms with Crippen molar-refractivity contribution in [1.82, 2.24) is 5.32 Å². The highest BCUT2D eigenvalue weighted by atomic mass is 16.4. The van der Waals surface area contributed by atoms with Crippen LogP contribution < -0.4 is 5.32 Å². The van der Waals surface area contributed by atoms with Crippen LogP contribution in [0.3, 0.4) is 0 Å². The van der Waals surface area contributed by atoms with Gasteiger partial charge in [-0.1, -0.05) is 33.1 Å². The van der Waals surface area contributed by atoms with Gasteiger partial charge in [-0.3, -0.25) is 9.59 Å². The quantitative estimate of drug-likeness (QED) is 0.835. The number of carboxylic acids is 1. The lowest BCUT2D eigenvalue weighted by Gasteiger charge is -2.38. The third kappa shape index (κ3) is 3.58. The van der Waals surface area contributed by atoms with Crippen LogP contribution in [0.1, 0.15) is 71.6 Å². The fraction of sp³-hybridized carbons (Fsp3) is 0.882. The van der Waals surface area contributed by atoms with Crippen LogP contribution in [0, 0.1) is 16.7 Å². The Hall–Kier alpha value is -1.06. The lowest BCUT2D eigenvalue weighted by Crippen LogP contribution is -2.49. The van der Waals surface area contributed by atoms with Crippen LogP contribution in [-0.2, 0) is 9.59 Å². The minimum absolute atomic E-state index is 0.0569. The monoisotopic (exact) mass is 295 g/mol. The van der Waals surface area contributed by atoms with E-state index >= 15 is 0 Å². The topological polar surface area (TPSA) is 66.4 Å². The summed E-state index contributed by atoms with van der Waals surface area (Å²) in [5.74, 6) is -0.0889. The summed E-state index contributed by atoms with van der Waals surface area (Å²) < 4.78 is 0. The summed E-state index contributed by atoms with van der Waals surface area (Å²) in [5.41, 5.74) is -1.03. The first-order chi connectivity index (χ1) is 9.88. The van der Waals surface area contributed by atoms with E-state index < -0.39 is 11.4 Å². The Morgan fingerprint density at radius 3 is 2.19 bits per heavy atom. The second kappa shape index (κ2) is 6.37. The second-order valence-corrected chi connectivity index (χ2v) is 7.57. The average Bonchev–Trinajstić information content (AvgIpc) is 2.47. The van der Waals surface area contributed by atoms with E-state index in [1.807, 2.05) is 6.92 Å². The fourth-order valence-electron chi connectivity index (χ4n) is 3.80. The summed E-state index contributed by atoms with van der Waals surface area (Å²) in [6, 6.07) is 0. The van der Waals surface area contributed by atoms with Crippen molar-refractivity contribution in [1.29, 1.82) is 0 Å². The predicted molar refractivity (Wildman–Crippen MR) is 81.9 cm³/mol. The van der Waals surface area contributed by atoms with E-state index in [2.05, 4.69) is 12.2 Å². The van der Waals surface area contributed by atoms with Gasteiger partial charge in [0.25, 0.3) is 0 Å². The number of rotatable bonds is 4. The maximum Gasteiger partial charge on any atom is 0.311 e. The summed E-state index contributed by atoms with van der Waals surface area (Å²) in [4.78, 5) is 24.2. The number of hydrogen-bond acceptors (Lipinski definition) is 2. The van der Waals surface area contributed by atoms with E-state index in [0.717, 1.165) is 38.5 Å². The first-order valence-electron chi connectivity index (χ1n) is 8.40. The Morgan fingerprint density at radius 2 is 1.67 bits per heavy atom. The summed E-state index contributed by atoms with van der Waals surface area (Å²) in [5, 5.41) is 12.6. The van der Waals surface area contributed by atoms with Crippen molar-refractivity contribution in [3.63, 3.8) is 0 Å². The lowest BCUT2D eigenvalue weighted by atomic mass is 9.70. The van der Waals surface area contributed by atoms with Crippen LogP contribution in [-0.4, -0.2) is 23.5 Å². The second-order valence-electron chi connectivity index (χ2n) is 7.57. The molecule has 0 saturated heterocycles. The third-order valence-corrected chi connectivity index (χ3v) is 5.78. The van der Waals surface area contributed by atoms with Gasteiger partial charge in [0, 0.05) is 12.0 Å². The molecule has 2 saturated carbocycles. The largest absolute Gasteiger partial charge is 0.481 e. The standard InChI is InChI=1S/C17H29NO3/c1-13-6-10-17(11-7-13,15(20)21)12-18-14(19)16(2)8-4-3-5-9-16/h13H,3-12H2,1-2H3,(H,18,19)(H,20,21). The molecular formula is C17H29NO3. The summed E-state index contributed by atoms with van der Waals surface area (Å²) >= 11 is 0. The molecule has 2 rings (SSSR count). The van der Waals surface area contributed by atoms with E-state index in [1.54, 1.807) is 0 Å². The molecule has 0 aromatic rings. The maximum absolute atomic E-state index is 12.5. The van der Waals surface area contributed by atoms with Crippen LogP contribution in [0.25, 0.3) is 0 Å². The van der Waals surface area contributed by atoms with Crippen molar-refractivity contribution in [3.8, 4) is 0 Å². The molecule has 0 aliphatic heterocycles. The SMILES string of the molecule is CC1CCC(CNC(=O)C2(C)CCCCC2)(C(=O)O)CC1. The molecule has 0 atom stereocenters. The zero-order chi connectivity index (χ0) is 15.5. The summed E-state index contributed by atoms with van der Waals surface area (Å²) in [6.07, 6.45) is 8.52. The van der Waals surface area contributed by atoms with Crippen molar-refractivity contribution >= 4 is 11.9 Å². The van der Waals surface area contributed by atoms with Crippen molar-refractivity contribution in [2.75, 3.05) is 6.54 Å². The number of aliphatic carboxylic acids is 1. The van der Waals surface area contributed by atoms with Gasteiger partial charge in [0.15, 0.2) is 0 Å². The molecule has 2 aliphatic rings. The Labute approximate surface area is 127 Å². The molecule has 0 spiro atoms. The number of carboxylic acid groups (broad SMARTS) is 1. The molecule has 4 heteroatoms. The van der Waals surface area contributed by atoms with Crippen molar-refractivity contribution in [3.05, 3.63) is 0 Å². The van der Waals surface area contributed by atoms with E-state index in [4.69, 9.17) is 0 Å². The maximum atomic E-state index is 12.5. The molecule has 120 valence electrons. The van der Waals surface area contributed by atoms with Crippen molar-refractivity contribution in [2.24, 2.45) is 16.7 Å². The summed E-state index contributed by atoms with van der Waals surface area (Å²) in [6.45, 7) is 4.49. The van der Waals surface area contributed by atoms with Gasteiger partial charge in [-0.05, 0) is 44.4 Å². The lowest BCUT2D eigenvalue weighted by molar-refractivity contribution is -0.152. The minimum Gasteiger partial charge on any atom is -0.481 e. The van der Waals surface area contributed by atoms with Gasteiger partial charge in [-0.25, -0.2) is 0 Å². The highest BCUT2D eigenvalue weighted by Gasteiger charge is 2.43. The molecule has 2 aliphatic carbocycles. The first-order valence-corrected chi connectivity index (χ1v) is 8.40. The van der Waals surface area contributed by atoms with Crippen LogP contribution in [0.2, 0.25) is 0 Å². The van der Waals surface area contributed by atoms with E-state index in [-0.39, 0.29) is 11.3 Å². The van der Waals surface area contributed by atoms with Crippen LogP contribution in [0.15, 0.2) is 0 Å². The van der Waals surface area contributed by atoms with Gasteiger partial charge < -0.3 is 10.4 Å². The predicted octanol–water partition coefficient (Wildman–Crippen LogP) is 3.35. The van der Waals surface area contributed by atoms with Crippen LogP contribution >= 0.6 is 0 Å². The van der Waals surface area contributed by atoms with Crippen molar-refractivity contribution in [2.45, 2.75) is 71.6 Å². The Bertz CT molecular complexity index is 391. The van der Waals surface area contributed by atoms with E-state index in [1.165, 1.54) is 6.42 Å². The Morgan fingerprint density at radius 1 is 1.10 bits per heavy atom. The highest BCUT2D eigenvalue weighted by molar-refractivity contribution is 5.83. The van der Waals surface area contributed by atoms with E-state index in [0.29, 0.717) is 25.3 Å². The number of carbonyl (C=O) groups is 2. The third-order valence-electron chi connectivity index (χ3n) is 5.78. The minimum atomic E-state index is -0.747. The molecule has 2 N–H and O–H groups in total. The average molecular weight is 295 g/mol. The number of amides is 1. The molecule has 0 aromatic carbocycles. The molecule has 0 aromatic heterocycles. The molecule has 0 heterocycles.